The SMILES string of the molecule is CCCC(C(=O)NNC(=O)c1cc(Br)c[nH]1)c1ccccc1. The number of carbonyl (C=O) groups is 2. The third kappa shape index (κ3) is 4.21. The number of nitrogens with one attached hydrogen (secondary N) is 3. The van der Waals surface area contributed by atoms with Gasteiger partial charge in [-0.05, 0) is 34.0 Å². The molecular formula is C16H18BrN3O2. The fourth-order valence-corrected chi connectivity index (χ4v) is 2.54. The fraction of sp³-hybridized carbons (Fsp3) is 0.250. The zero-order valence-electron chi connectivity index (χ0n) is 12.2. The van der Waals surface area contributed by atoms with Gasteiger partial charge in [-0.2, -0.15) is 0 Å². The molecule has 1 heterocycles. The van der Waals surface area contributed by atoms with E-state index in [1.165, 1.54) is 0 Å². The molecule has 0 fully saturated rings. The normalized spacial score (nSPS) is 11.7. The molecule has 0 aliphatic rings. The Morgan fingerprint density at radius 2 is 1.95 bits per heavy atom. The summed E-state index contributed by atoms with van der Waals surface area (Å²) in [6.45, 7) is 2.03. The average Bonchev–Trinajstić information content (AvgIpc) is 2.97. The van der Waals surface area contributed by atoms with Crippen molar-refractivity contribution in [2.75, 3.05) is 0 Å². The monoisotopic (exact) mass is 363 g/mol. The first-order valence-corrected chi connectivity index (χ1v) is 7.90. The zero-order valence-corrected chi connectivity index (χ0v) is 13.8. The highest BCUT2D eigenvalue weighted by Crippen LogP contribution is 2.21. The van der Waals surface area contributed by atoms with E-state index in [9.17, 15) is 9.59 Å². The van der Waals surface area contributed by atoms with E-state index in [2.05, 4.69) is 31.8 Å². The smallest absolute Gasteiger partial charge is 0.286 e. The van der Waals surface area contributed by atoms with Gasteiger partial charge >= 0.3 is 0 Å². The molecule has 1 aromatic heterocycles. The van der Waals surface area contributed by atoms with Crippen LogP contribution in [0.2, 0.25) is 0 Å². The summed E-state index contributed by atoms with van der Waals surface area (Å²) in [5, 5.41) is 0. The maximum absolute atomic E-state index is 12.3. The van der Waals surface area contributed by atoms with Crippen molar-refractivity contribution < 1.29 is 9.59 Å². The number of hydrogen-bond acceptors (Lipinski definition) is 2. The molecule has 2 amide bonds. The lowest BCUT2D eigenvalue weighted by atomic mass is 9.94. The van der Waals surface area contributed by atoms with Crippen LogP contribution in [0.4, 0.5) is 0 Å². The summed E-state index contributed by atoms with van der Waals surface area (Å²) in [6.07, 6.45) is 3.25. The van der Waals surface area contributed by atoms with Crippen LogP contribution in [0.3, 0.4) is 0 Å². The summed E-state index contributed by atoms with van der Waals surface area (Å²) in [5.41, 5.74) is 6.25. The summed E-state index contributed by atoms with van der Waals surface area (Å²) in [5.74, 6) is -0.878. The molecule has 22 heavy (non-hydrogen) atoms. The van der Waals surface area contributed by atoms with Crippen LogP contribution < -0.4 is 10.9 Å². The van der Waals surface area contributed by atoms with Gasteiger partial charge in [-0.15, -0.1) is 0 Å². The van der Waals surface area contributed by atoms with Crippen LogP contribution in [0.5, 0.6) is 0 Å². The predicted octanol–water partition coefficient (Wildman–Crippen LogP) is 3.12. The van der Waals surface area contributed by atoms with Gasteiger partial charge in [-0.3, -0.25) is 20.4 Å². The van der Waals surface area contributed by atoms with Crippen molar-refractivity contribution in [2.45, 2.75) is 25.7 Å². The minimum absolute atomic E-state index is 0.216. The van der Waals surface area contributed by atoms with Gasteiger partial charge in [0, 0.05) is 10.7 Å². The molecular weight excluding hydrogens is 346 g/mol. The van der Waals surface area contributed by atoms with Crippen molar-refractivity contribution in [1.82, 2.24) is 15.8 Å². The van der Waals surface area contributed by atoms with Crippen molar-refractivity contribution in [3.63, 3.8) is 0 Å². The first kappa shape index (κ1) is 16.3. The van der Waals surface area contributed by atoms with Crippen LogP contribution in [-0.4, -0.2) is 16.8 Å². The maximum Gasteiger partial charge on any atom is 0.286 e. The second-order valence-electron chi connectivity index (χ2n) is 4.93. The molecule has 1 unspecified atom stereocenters. The number of halogens is 1. The molecule has 2 rings (SSSR count). The highest BCUT2D eigenvalue weighted by atomic mass is 79.9. The Bertz CT molecular complexity index is 640. The van der Waals surface area contributed by atoms with Crippen LogP contribution in [0, 0.1) is 0 Å². The summed E-state index contributed by atoms with van der Waals surface area (Å²) >= 11 is 3.26. The molecule has 0 aliphatic heterocycles. The highest BCUT2D eigenvalue weighted by Gasteiger charge is 2.20. The molecule has 116 valence electrons. The first-order chi connectivity index (χ1) is 10.6. The molecule has 1 atom stereocenters. The van der Waals surface area contributed by atoms with Crippen molar-refractivity contribution in [3.05, 3.63) is 58.3 Å². The Hall–Kier alpha value is -2.08. The molecule has 6 heteroatoms. The molecule has 0 spiro atoms. The van der Waals surface area contributed by atoms with E-state index < -0.39 is 0 Å². The lowest BCUT2D eigenvalue weighted by Crippen LogP contribution is -2.44. The molecule has 2 aromatic rings. The molecule has 0 saturated heterocycles. The van der Waals surface area contributed by atoms with Gasteiger partial charge in [0.15, 0.2) is 0 Å². The van der Waals surface area contributed by atoms with Gasteiger partial charge < -0.3 is 4.98 Å². The topological polar surface area (TPSA) is 74.0 Å². The molecule has 1 aromatic carbocycles. The van der Waals surface area contributed by atoms with E-state index in [0.29, 0.717) is 5.69 Å². The number of amides is 2. The van der Waals surface area contributed by atoms with Gasteiger partial charge in [0.05, 0.1) is 5.92 Å². The number of rotatable bonds is 5. The van der Waals surface area contributed by atoms with Gasteiger partial charge in [0.25, 0.3) is 5.91 Å². The van der Waals surface area contributed by atoms with Crippen LogP contribution in [-0.2, 0) is 4.79 Å². The molecule has 0 aliphatic carbocycles. The standard InChI is InChI=1S/C16H18BrN3O2/c1-2-6-13(11-7-4-3-5-8-11)15(21)19-20-16(22)14-9-12(17)10-18-14/h3-5,7-10,13,18H,2,6H2,1H3,(H,19,21)(H,20,22). The number of carbonyl (C=O) groups excluding carboxylic acids is 2. The third-order valence-electron chi connectivity index (χ3n) is 3.29. The summed E-state index contributed by atoms with van der Waals surface area (Å²) in [4.78, 5) is 27.0. The molecule has 0 bridgehead atoms. The largest absolute Gasteiger partial charge is 0.356 e. The minimum atomic E-state index is -0.387. The molecule has 3 N–H and O–H groups in total. The molecule has 0 saturated carbocycles. The fourth-order valence-electron chi connectivity index (χ4n) is 2.19. The van der Waals surface area contributed by atoms with E-state index in [-0.39, 0.29) is 17.7 Å². The Balaban J connectivity index is 1.98. The average molecular weight is 364 g/mol. The lowest BCUT2D eigenvalue weighted by molar-refractivity contribution is -0.123. The van der Waals surface area contributed by atoms with Crippen LogP contribution >= 0.6 is 15.9 Å². The molecule has 0 radical (unpaired) electrons. The Kier molecular flexibility index (Phi) is 5.77. The summed E-state index contributed by atoms with van der Waals surface area (Å²) in [7, 11) is 0. The number of hydrogen-bond donors (Lipinski definition) is 3. The van der Waals surface area contributed by atoms with Gasteiger partial charge in [-0.25, -0.2) is 0 Å². The Morgan fingerprint density at radius 1 is 1.23 bits per heavy atom. The van der Waals surface area contributed by atoms with E-state index in [1.54, 1.807) is 12.3 Å². The number of hydrazine groups is 1. The van der Waals surface area contributed by atoms with Crippen LogP contribution in [0.25, 0.3) is 0 Å². The highest BCUT2D eigenvalue weighted by molar-refractivity contribution is 9.10. The number of aromatic amines is 1. The minimum Gasteiger partial charge on any atom is -0.356 e. The number of H-pyrrole nitrogens is 1. The maximum atomic E-state index is 12.3. The van der Waals surface area contributed by atoms with E-state index in [4.69, 9.17) is 0 Å². The van der Waals surface area contributed by atoms with Crippen molar-refractivity contribution in [3.8, 4) is 0 Å². The van der Waals surface area contributed by atoms with Gasteiger partial charge in [-0.1, -0.05) is 43.7 Å². The predicted molar refractivity (Wildman–Crippen MR) is 88.2 cm³/mol. The Labute approximate surface area is 137 Å². The van der Waals surface area contributed by atoms with Gasteiger partial charge in [0.2, 0.25) is 5.91 Å². The van der Waals surface area contributed by atoms with Gasteiger partial charge in [0.1, 0.15) is 5.69 Å². The second-order valence-corrected chi connectivity index (χ2v) is 5.84. The van der Waals surface area contributed by atoms with E-state index in [0.717, 1.165) is 22.9 Å². The summed E-state index contributed by atoms with van der Waals surface area (Å²) in [6, 6.07) is 11.2. The van der Waals surface area contributed by atoms with E-state index >= 15 is 0 Å². The second kappa shape index (κ2) is 7.79. The Morgan fingerprint density at radius 3 is 2.55 bits per heavy atom. The van der Waals surface area contributed by atoms with Crippen molar-refractivity contribution >= 4 is 27.7 Å². The van der Waals surface area contributed by atoms with Crippen molar-refractivity contribution in [1.29, 1.82) is 0 Å². The van der Waals surface area contributed by atoms with Crippen LogP contribution in [0.15, 0.2) is 47.1 Å². The third-order valence-corrected chi connectivity index (χ3v) is 3.75. The first-order valence-electron chi connectivity index (χ1n) is 7.11. The quantitative estimate of drug-likeness (QED) is 0.714. The zero-order chi connectivity index (χ0) is 15.9. The number of aromatic nitrogens is 1. The molecule has 5 nitrogen and oxygen atoms in total. The summed E-state index contributed by atoms with van der Waals surface area (Å²) < 4.78 is 0.775. The lowest BCUT2D eigenvalue weighted by Gasteiger charge is -2.16. The van der Waals surface area contributed by atoms with E-state index in [1.807, 2.05) is 37.3 Å². The van der Waals surface area contributed by atoms with Crippen molar-refractivity contribution in [2.24, 2.45) is 0 Å². The number of benzene rings is 1. The van der Waals surface area contributed by atoms with Crippen LogP contribution in [0.1, 0.15) is 41.7 Å².